The number of para-hydroxylation sites is 2. The van der Waals surface area contributed by atoms with E-state index in [-0.39, 0.29) is 17.4 Å². The fourth-order valence-electron chi connectivity index (χ4n) is 2.62. The molecule has 8 heteroatoms. The highest BCUT2D eigenvalue weighted by atomic mass is 16.5. The van der Waals surface area contributed by atoms with Crippen molar-refractivity contribution in [1.82, 2.24) is 20.2 Å². The number of pyridine rings is 1. The summed E-state index contributed by atoms with van der Waals surface area (Å²) < 4.78 is 6.12. The zero-order valence-corrected chi connectivity index (χ0v) is 13.7. The molecule has 0 saturated carbocycles. The van der Waals surface area contributed by atoms with Gasteiger partial charge >= 0.3 is 6.09 Å². The lowest BCUT2D eigenvalue weighted by Gasteiger charge is -2.05. The van der Waals surface area contributed by atoms with E-state index in [1.54, 1.807) is 32.0 Å². The predicted molar refractivity (Wildman–Crippen MR) is 91.4 cm³/mol. The van der Waals surface area contributed by atoms with Crippen molar-refractivity contribution in [3.8, 4) is 6.07 Å². The third-order valence-electron chi connectivity index (χ3n) is 3.77. The number of hydrazine groups is 1. The summed E-state index contributed by atoms with van der Waals surface area (Å²) >= 11 is 0. The molecule has 0 aliphatic carbocycles. The Labute approximate surface area is 142 Å². The number of benzene rings is 1. The fraction of sp³-hybridized carbons (Fsp3) is 0.176. The number of carbonyl (C=O) groups excluding carboxylic acids is 1. The highest BCUT2D eigenvalue weighted by Gasteiger charge is 2.15. The number of aromatic nitrogens is 2. The number of imidazole rings is 1. The molecule has 0 radical (unpaired) electrons. The predicted octanol–water partition coefficient (Wildman–Crippen LogP) is 0.735. The van der Waals surface area contributed by atoms with Gasteiger partial charge in [-0.2, -0.15) is 5.26 Å². The molecule has 0 aliphatic heterocycles. The first-order chi connectivity index (χ1) is 12.1. The zero-order chi connectivity index (χ0) is 18.0. The van der Waals surface area contributed by atoms with Crippen LogP contribution < -0.4 is 21.6 Å². The van der Waals surface area contributed by atoms with Crippen molar-refractivity contribution in [1.29, 1.82) is 5.26 Å². The van der Waals surface area contributed by atoms with E-state index < -0.39 is 6.09 Å². The van der Waals surface area contributed by atoms with Crippen molar-refractivity contribution in [2.75, 3.05) is 6.61 Å². The highest BCUT2D eigenvalue weighted by molar-refractivity contribution is 5.82. The Morgan fingerprint density at radius 1 is 1.44 bits per heavy atom. The number of nitrogens with one attached hydrogen (secondary N) is 2. The number of carbonyl (C=O) groups is 1. The SMILES string of the molecule is CCOC(=O)NNC=c1c(C)c(C#N)c2nc3ccccc3n2c1=O. The molecule has 0 fully saturated rings. The second-order valence-electron chi connectivity index (χ2n) is 5.22. The van der Waals surface area contributed by atoms with E-state index in [1.165, 1.54) is 10.6 Å². The molecule has 0 saturated heterocycles. The van der Waals surface area contributed by atoms with Crippen molar-refractivity contribution < 1.29 is 9.53 Å². The number of fused-ring (bicyclic) bond motifs is 3. The smallest absolute Gasteiger partial charge is 0.425 e. The van der Waals surface area contributed by atoms with E-state index in [0.29, 0.717) is 27.8 Å². The number of rotatable bonds is 3. The van der Waals surface area contributed by atoms with Crippen molar-refractivity contribution in [3.05, 3.63) is 51.0 Å². The van der Waals surface area contributed by atoms with Crippen LogP contribution in [0.2, 0.25) is 0 Å². The molecule has 0 atom stereocenters. The normalized spacial score (nSPS) is 11.5. The molecular weight excluding hydrogens is 322 g/mol. The first-order valence-corrected chi connectivity index (χ1v) is 7.60. The van der Waals surface area contributed by atoms with Crippen LogP contribution in [-0.4, -0.2) is 22.1 Å². The summed E-state index contributed by atoms with van der Waals surface area (Å²) in [5.41, 5.74) is 6.84. The minimum absolute atomic E-state index is 0.227. The Morgan fingerprint density at radius 3 is 2.92 bits per heavy atom. The first kappa shape index (κ1) is 16.3. The lowest BCUT2D eigenvalue weighted by molar-refractivity contribution is 0.150. The van der Waals surface area contributed by atoms with Gasteiger partial charge in [-0.25, -0.2) is 15.2 Å². The average Bonchev–Trinajstić information content (AvgIpc) is 2.98. The Balaban J connectivity index is 2.23. The molecule has 2 aromatic heterocycles. The second kappa shape index (κ2) is 6.49. The van der Waals surface area contributed by atoms with Gasteiger partial charge in [0.2, 0.25) is 0 Å². The molecule has 8 nitrogen and oxygen atoms in total. The monoisotopic (exact) mass is 337 g/mol. The van der Waals surface area contributed by atoms with Crippen LogP contribution in [0.5, 0.6) is 0 Å². The zero-order valence-electron chi connectivity index (χ0n) is 13.7. The maximum absolute atomic E-state index is 12.9. The van der Waals surface area contributed by atoms with Gasteiger partial charge in [-0.3, -0.25) is 9.20 Å². The van der Waals surface area contributed by atoms with Gasteiger partial charge in [-0.15, -0.1) is 0 Å². The summed E-state index contributed by atoms with van der Waals surface area (Å²) in [6, 6.07) is 9.26. The largest absolute Gasteiger partial charge is 0.449 e. The molecule has 3 rings (SSSR count). The van der Waals surface area contributed by atoms with Gasteiger partial charge in [0.05, 0.1) is 28.4 Å². The van der Waals surface area contributed by atoms with Crippen LogP contribution >= 0.6 is 0 Å². The minimum Gasteiger partial charge on any atom is -0.449 e. The molecule has 0 bridgehead atoms. The van der Waals surface area contributed by atoms with Crippen molar-refractivity contribution in [2.24, 2.45) is 0 Å². The van der Waals surface area contributed by atoms with Crippen molar-refractivity contribution in [2.45, 2.75) is 13.8 Å². The van der Waals surface area contributed by atoms with Gasteiger partial charge < -0.3 is 10.2 Å². The van der Waals surface area contributed by atoms with Crippen LogP contribution in [0.25, 0.3) is 22.9 Å². The van der Waals surface area contributed by atoms with E-state index >= 15 is 0 Å². The van der Waals surface area contributed by atoms with E-state index in [0.717, 1.165) is 0 Å². The van der Waals surface area contributed by atoms with Crippen LogP contribution in [-0.2, 0) is 4.74 Å². The van der Waals surface area contributed by atoms with Crippen molar-refractivity contribution in [3.63, 3.8) is 0 Å². The highest BCUT2D eigenvalue weighted by Crippen LogP contribution is 2.17. The summed E-state index contributed by atoms with van der Waals surface area (Å²) in [6.45, 7) is 3.57. The number of hydrogen-bond acceptors (Lipinski definition) is 6. The minimum atomic E-state index is -0.668. The summed E-state index contributed by atoms with van der Waals surface area (Å²) in [4.78, 5) is 28.6. The summed E-state index contributed by atoms with van der Waals surface area (Å²) in [7, 11) is 0. The number of nitrogens with zero attached hydrogens (tertiary/aromatic N) is 3. The third-order valence-corrected chi connectivity index (χ3v) is 3.77. The molecule has 3 aromatic rings. The Bertz CT molecular complexity index is 1130. The number of nitriles is 1. The average molecular weight is 337 g/mol. The molecule has 25 heavy (non-hydrogen) atoms. The Hall–Kier alpha value is -3.60. The van der Waals surface area contributed by atoms with Crippen LogP contribution in [0, 0.1) is 18.3 Å². The molecule has 0 spiro atoms. The molecule has 1 aromatic carbocycles. The first-order valence-electron chi connectivity index (χ1n) is 7.60. The fourth-order valence-corrected chi connectivity index (χ4v) is 2.62. The van der Waals surface area contributed by atoms with E-state index in [2.05, 4.69) is 21.9 Å². The lowest BCUT2D eigenvalue weighted by atomic mass is 10.1. The van der Waals surface area contributed by atoms with Crippen LogP contribution in [0.15, 0.2) is 29.1 Å². The number of ether oxygens (including phenoxy) is 1. The third kappa shape index (κ3) is 2.72. The number of hydrogen-bond donors (Lipinski definition) is 2. The topological polar surface area (TPSA) is 109 Å². The van der Waals surface area contributed by atoms with Gasteiger partial charge in [0, 0.05) is 6.20 Å². The summed E-state index contributed by atoms with van der Waals surface area (Å²) in [6.07, 6.45) is 0.669. The molecule has 2 heterocycles. The maximum Gasteiger partial charge on any atom is 0.425 e. The van der Waals surface area contributed by atoms with Gasteiger partial charge in [0.1, 0.15) is 6.07 Å². The molecule has 0 aliphatic rings. The Kier molecular flexibility index (Phi) is 4.22. The molecule has 2 N–H and O–H groups in total. The van der Waals surface area contributed by atoms with Crippen LogP contribution in [0.1, 0.15) is 18.1 Å². The van der Waals surface area contributed by atoms with Crippen LogP contribution in [0.3, 0.4) is 0 Å². The van der Waals surface area contributed by atoms with Crippen LogP contribution in [0.4, 0.5) is 4.79 Å². The van der Waals surface area contributed by atoms with Gasteiger partial charge in [0.15, 0.2) is 5.65 Å². The lowest BCUT2D eigenvalue weighted by Crippen LogP contribution is -2.40. The van der Waals surface area contributed by atoms with Gasteiger partial charge in [-0.05, 0) is 31.5 Å². The van der Waals surface area contributed by atoms with Gasteiger partial charge in [-0.1, -0.05) is 12.1 Å². The maximum atomic E-state index is 12.9. The number of amides is 1. The van der Waals surface area contributed by atoms with E-state index in [1.807, 2.05) is 6.07 Å². The summed E-state index contributed by atoms with van der Waals surface area (Å²) in [5, 5.41) is 9.76. The molecule has 1 amide bonds. The van der Waals surface area contributed by atoms with Crippen molar-refractivity contribution >= 4 is 29.0 Å². The standard InChI is InChI=1S/C17H15N5O3/c1-3-25-17(24)21-19-9-12-10(2)11(8-18)15-20-13-6-4-5-7-14(13)22(15)16(12)23/h4-7,9,19H,3H2,1-2H3,(H,21,24). The summed E-state index contributed by atoms with van der Waals surface area (Å²) in [5.74, 6) is 0. The van der Waals surface area contributed by atoms with E-state index in [9.17, 15) is 14.9 Å². The quantitative estimate of drug-likeness (QED) is 0.682. The van der Waals surface area contributed by atoms with E-state index in [4.69, 9.17) is 4.74 Å². The molecular formula is C17H15N5O3. The Morgan fingerprint density at radius 2 is 2.20 bits per heavy atom. The van der Waals surface area contributed by atoms with Gasteiger partial charge in [0.25, 0.3) is 5.56 Å². The molecule has 0 unspecified atom stereocenters. The molecule has 126 valence electrons. The second-order valence-corrected chi connectivity index (χ2v) is 5.22.